The van der Waals surface area contributed by atoms with Crippen LogP contribution in [-0.2, 0) is 4.79 Å². The van der Waals surface area contributed by atoms with Gasteiger partial charge < -0.3 is 10.6 Å². The number of non-ortho nitro benzene ring substituents is 1. The number of carbonyl (C=O) groups is 2. The van der Waals surface area contributed by atoms with Crippen LogP contribution in [0.25, 0.3) is 0 Å². The first-order valence-corrected chi connectivity index (χ1v) is 8.29. The van der Waals surface area contributed by atoms with E-state index in [-0.39, 0.29) is 30.5 Å². The molecule has 0 aliphatic heterocycles. The van der Waals surface area contributed by atoms with Crippen molar-refractivity contribution in [1.82, 2.24) is 5.32 Å². The van der Waals surface area contributed by atoms with Crippen LogP contribution in [0.15, 0.2) is 48.5 Å². The van der Waals surface area contributed by atoms with Crippen molar-refractivity contribution in [3.63, 3.8) is 0 Å². The predicted molar refractivity (Wildman–Crippen MR) is 99.2 cm³/mol. The van der Waals surface area contributed by atoms with E-state index in [1.807, 2.05) is 24.3 Å². The van der Waals surface area contributed by atoms with Gasteiger partial charge in [-0.2, -0.15) is 0 Å². The summed E-state index contributed by atoms with van der Waals surface area (Å²) >= 11 is 0. The lowest BCUT2D eigenvalue weighted by atomic mass is 10.0. The first-order chi connectivity index (χ1) is 12.4. The van der Waals surface area contributed by atoms with Crippen LogP contribution in [-0.4, -0.2) is 23.3 Å². The summed E-state index contributed by atoms with van der Waals surface area (Å²) in [5, 5.41) is 16.0. The number of rotatable bonds is 7. The number of nitrogens with one attached hydrogen (secondary N) is 2. The van der Waals surface area contributed by atoms with E-state index >= 15 is 0 Å². The van der Waals surface area contributed by atoms with Crippen molar-refractivity contribution in [3.8, 4) is 0 Å². The number of benzene rings is 2. The van der Waals surface area contributed by atoms with E-state index in [1.165, 1.54) is 24.3 Å². The minimum atomic E-state index is -0.527. The van der Waals surface area contributed by atoms with Crippen LogP contribution in [0, 0.1) is 10.1 Å². The normalized spacial score (nSPS) is 10.4. The summed E-state index contributed by atoms with van der Waals surface area (Å²) < 4.78 is 0. The molecule has 0 heterocycles. The Labute approximate surface area is 151 Å². The number of hydrogen-bond donors (Lipinski definition) is 2. The molecule has 0 saturated heterocycles. The zero-order chi connectivity index (χ0) is 19.1. The number of nitro groups is 1. The Morgan fingerprint density at radius 1 is 1.12 bits per heavy atom. The lowest BCUT2D eigenvalue weighted by molar-refractivity contribution is -0.384. The van der Waals surface area contributed by atoms with Crippen LogP contribution in [0.5, 0.6) is 0 Å². The zero-order valence-corrected chi connectivity index (χ0v) is 14.7. The maximum absolute atomic E-state index is 12.0. The number of nitro benzene ring substituents is 1. The molecule has 136 valence electrons. The van der Waals surface area contributed by atoms with Gasteiger partial charge in [-0.15, -0.1) is 0 Å². The van der Waals surface area contributed by atoms with Gasteiger partial charge in [-0.05, 0) is 35.7 Å². The third-order valence-corrected chi connectivity index (χ3v) is 3.81. The lowest BCUT2D eigenvalue weighted by Crippen LogP contribution is -2.27. The van der Waals surface area contributed by atoms with E-state index in [0.29, 0.717) is 11.5 Å². The van der Waals surface area contributed by atoms with Gasteiger partial charge in [0.05, 0.1) is 4.92 Å². The van der Waals surface area contributed by atoms with Gasteiger partial charge in [0.25, 0.3) is 11.6 Å². The molecule has 0 saturated carbocycles. The van der Waals surface area contributed by atoms with Gasteiger partial charge in [0.1, 0.15) is 0 Å². The molecular formula is C19H21N3O4. The maximum atomic E-state index is 12.0. The van der Waals surface area contributed by atoms with E-state index in [1.54, 1.807) is 0 Å². The van der Waals surface area contributed by atoms with Crippen molar-refractivity contribution in [3.05, 3.63) is 69.8 Å². The minimum absolute atomic E-state index is 0.0791. The highest BCUT2D eigenvalue weighted by Gasteiger charge is 2.10. The fraction of sp³-hybridized carbons (Fsp3) is 0.263. The number of hydrogen-bond acceptors (Lipinski definition) is 4. The van der Waals surface area contributed by atoms with Gasteiger partial charge in [0, 0.05) is 36.3 Å². The molecular weight excluding hydrogens is 334 g/mol. The highest BCUT2D eigenvalue weighted by Crippen LogP contribution is 2.18. The number of amides is 2. The fourth-order valence-corrected chi connectivity index (χ4v) is 2.33. The predicted octanol–water partition coefficient (Wildman–Crippen LogP) is 3.48. The van der Waals surface area contributed by atoms with Crippen molar-refractivity contribution < 1.29 is 14.5 Å². The molecule has 0 aliphatic carbocycles. The van der Waals surface area contributed by atoms with Gasteiger partial charge in [-0.3, -0.25) is 19.7 Å². The van der Waals surface area contributed by atoms with E-state index in [0.717, 1.165) is 11.3 Å². The maximum Gasteiger partial charge on any atom is 0.269 e. The Bertz CT molecular complexity index is 801. The Balaban J connectivity index is 1.81. The molecule has 0 aliphatic rings. The van der Waals surface area contributed by atoms with Crippen molar-refractivity contribution in [2.24, 2.45) is 0 Å². The standard InChI is InChI=1S/C19H21N3O4/c1-13(2)15-4-3-5-16(12-15)21-18(23)10-11-20-19(24)14-6-8-17(9-7-14)22(25)26/h3-9,12-13H,10-11H2,1-2H3,(H,20,24)(H,21,23). The second-order valence-corrected chi connectivity index (χ2v) is 6.14. The first-order valence-electron chi connectivity index (χ1n) is 8.29. The smallest absolute Gasteiger partial charge is 0.269 e. The molecule has 0 atom stereocenters. The van der Waals surface area contributed by atoms with Crippen molar-refractivity contribution in [2.45, 2.75) is 26.2 Å². The molecule has 26 heavy (non-hydrogen) atoms. The molecule has 2 amide bonds. The molecule has 7 nitrogen and oxygen atoms in total. The van der Waals surface area contributed by atoms with E-state index in [2.05, 4.69) is 24.5 Å². The highest BCUT2D eigenvalue weighted by atomic mass is 16.6. The van der Waals surface area contributed by atoms with E-state index in [4.69, 9.17) is 0 Å². The summed E-state index contributed by atoms with van der Waals surface area (Å²) in [6.07, 6.45) is 0.130. The lowest BCUT2D eigenvalue weighted by Gasteiger charge is -2.10. The zero-order valence-electron chi connectivity index (χ0n) is 14.7. The van der Waals surface area contributed by atoms with Gasteiger partial charge in [0.15, 0.2) is 0 Å². The molecule has 0 bridgehead atoms. The second kappa shape index (κ2) is 8.75. The number of nitrogens with zero attached hydrogens (tertiary/aromatic N) is 1. The van der Waals surface area contributed by atoms with Crippen LogP contribution in [0.2, 0.25) is 0 Å². The Hall–Kier alpha value is -3.22. The summed E-state index contributed by atoms with van der Waals surface area (Å²) in [6.45, 7) is 4.33. The van der Waals surface area contributed by atoms with Gasteiger partial charge in [-0.25, -0.2) is 0 Å². The topological polar surface area (TPSA) is 101 Å². The van der Waals surface area contributed by atoms with Crippen LogP contribution in [0.1, 0.15) is 42.1 Å². The van der Waals surface area contributed by atoms with E-state index < -0.39 is 4.92 Å². The molecule has 0 aromatic heterocycles. The van der Waals surface area contributed by atoms with Crippen LogP contribution >= 0.6 is 0 Å². The molecule has 7 heteroatoms. The Morgan fingerprint density at radius 2 is 1.81 bits per heavy atom. The van der Waals surface area contributed by atoms with Gasteiger partial charge in [-0.1, -0.05) is 26.0 Å². The largest absolute Gasteiger partial charge is 0.352 e. The first kappa shape index (κ1) is 19.1. The molecule has 0 radical (unpaired) electrons. The third kappa shape index (κ3) is 5.41. The summed E-state index contributed by atoms with van der Waals surface area (Å²) in [5.74, 6) is -0.211. The second-order valence-electron chi connectivity index (χ2n) is 6.14. The van der Waals surface area contributed by atoms with Gasteiger partial charge >= 0.3 is 0 Å². The molecule has 2 rings (SSSR count). The molecule has 0 spiro atoms. The molecule has 0 unspecified atom stereocenters. The summed E-state index contributed by atoms with van der Waals surface area (Å²) in [4.78, 5) is 34.0. The Morgan fingerprint density at radius 3 is 2.42 bits per heavy atom. The van der Waals surface area contributed by atoms with Crippen molar-refractivity contribution in [1.29, 1.82) is 0 Å². The van der Waals surface area contributed by atoms with Crippen molar-refractivity contribution in [2.75, 3.05) is 11.9 Å². The SMILES string of the molecule is CC(C)c1cccc(NC(=O)CCNC(=O)c2ccc([N+](=O)[O-])cc2)c1. The van der Waals surface area contributed by atoms with E-state index in [9.17, 15) is 19.7 Å². The monoisotopic (exact) mass is 355 g/mol. The van der Waals surface area contributed by atoms with Crippen molar-refractivity contribution >= 4 is 23.2 Å². The number of carbonyl (C=O) groups excluding carboxylic acids is 2. The average Bonchev–Trinajstić information content (AvgIpc) is 2.61. The molecule has 2 aromatic carbocycles. The van der Waals surface area contributed by atoms with Crippen LogP contribution in [0.4, 0.5) is 11.4 Å². The molecule has 2 N–H and O–H groups in total. The summed E-state index contributed by atoms with van der Waals surface area (Å²) in [5.41, 5.74) is 2.09. The average molecular weight is 355 g/mol. The quantitative estimate of drug-likeness (QED) is 0.586. The fourth-order valence-electron chi connectivity index (χ4n) is 2.33. The summed E-state index contributed by atoms with van der Waals surface area (Å²) in [6, 6.07) is 12.9. The third-order valence-electron chi connectivity index (χ3n) is 3.81. The minimum Gasteiger partial charge on any atom is -0.352 e. The molecule has 0 fully saturated rings. The molecule has 2 aromatic rings. The highest BCUT2D eigenvalue weighted by molar-refractivity contribution is 5.95. The summed E-state index contributed by atoms with van der Waals surface area (Å²) in [7, 11) is 0. The van der Waals surface area contributed by atoms with Crippen LogP contribution in [0.3, 0.4) is 0 Å². The van der Waals surface area contributed by atoms with Gasteiger partial charge in [0.2, 0.25) is 5.91 Å². The van der Waals surface area contributed by atoms with Crippen LogP contribution < -0.4 is 10.6 Å². The number of anilines is 1. The Kier molecular flexibility index (Phi) is 6.43.